The highest BCUT2D eigenvalue weighted by Gasteiger charge is 2.26. The average Bonchev–Trinajstić information content (AvgIpc) is 2.42. The highest BCUT2D eigenvalue weighted by atomic mass is 15.0. The third-order valence-electron chi connectivity index (χ3n) is 4.44. The van der Waals surface area contributed by atoms with Crippen LogP contribution < -0.4 is 5.32 Å². The maximum atomic E-state index is 8.82. The summed E-state index contributed by atoms with van der Waals surface area (Å²) >= 11 is 0. The number of nitrogens with one attached hydrogen (secondary N) is 1. The molecule has 0 heterocycles. The minimum absolute atomic E-state index is 0.355. The molecule has 1 aliphatic carbocycles. The second-order valence-electron chi connectivity index (χ2n) is 6.12. The van der Waals surface area contributed by atoms with Crippen LogP contribution in [0.3, 0.4) is 0 Å². The fourth-order valence-electron chi connectivity index (χ4n) is 3.18. The molecule has 0 spiro atoms. The molecule has 2 nitrogen and oxygen atoms in total. The Morgan fingerprint density at radius 3 is 2.47 bits per heavy atom. The molecule has 1 aromatic carbocycles. The van der Waals surface area contributed by atoms with E-state index in [4.69, 9.17) is 5.26 Å². The van der Waals surface area contributed by atoms with Gasteiger partial charge in [0.2, 0.25) is 0 Å². The third-order valence-corrected chi connectivity index (χ3v) is 4.44. The van der Waals surface area contributed by atoms with Crippen LogP contribution in [-0.2, 0) is 0 Å². The Morgan fingerprint density at radius 2 is 1.89 bits per heavy atom. The SMILES string of the molecule is CC1CCC(NC(C)c2ccc(C#N)cc2)C(C)C1. The standard InChI is InChI=1S/C17H24N2/c1-12-4-9-17(13(2)10-12)19-14(3)16-7-5-15(11-18)6-8-16/h5-8,12-14,17,19H,4,9-10H2,1-3H3. The van der Waals surface area contributed by atoms with Gasteiger partial charge in [-0.2, -0.15) is 5.26 Å². The zero-order valence-electron chi connectivity index (χ0n) is 12.2. The normalized spacial score (nSPS) is 28.6. The number of rotatable bonds is 3. The average molecular weight is 256 g/mol. The van der Waals surface area contributed by atoms with Crippen LogP contribution >= 0.6 is 0 Å². The lowest BCUT2D eigenvalue weighted by Gasteiger charge is -2.35. The number of benzene rings is 1. The maximum absolute atomic E-state index is 8.82. The Hall–Kier alpha value is -1.33. The molecule has 19 heavy (non-hydrogen) atoms. The summed E-state index contributed by atoms with van der Waals surface area (Å²) in [6.07, 6.45) is 3.95. The molecule has 4 unspecified atom stereocenters. The van der Waals surface area contributed by atoms with Crippen LogP contribution in [0.2, 0.25) is 0 Å². The van der Waals surface area contributed by atoms with Crippen LogP contribution in [0.4, 0.5) is 0 Å². The van der Waals surface area contributed by atoms with Gasteiger partial charge in [-0.15, -0.1) is 0 Å². The summed E-state index contributed by atoms with van der Waals surface area (Å²) in [6.45, 7) is 6.93. The first-order valence-electron chi connectivity index (χ1n) is 7.36. The molecule has 2 heteroatoms. The third kappa shape index (κ3) is 3.58. The topological polar surface area (TPSA) is 35.8 Å². The lowest BCUT2D eigenvalue weighted by Crippen LogP contribution is -2.40. The van der Waals surface area contributed by atoms with Crippen molar-refractivity contribution in [2.24, 2.45) is 11.8 Å². The molecule has 2 rings (SSSR count). The molecular weight excluding hydrogens is 232 g/mol. The van der Waals surface area contributed by atoms with Gasteiger partial charge in [0.25, 0.3) is 0 Å². The molecule has 102 valence electrons. The van der Waals surface area contributed by atoms with Crippen molar-refractivity contribution in [2.75, 3.05) is 0 Å². The first-order chi connectivity index (χ1) is 9.10. The van der Waals surface area contributed by atoms with Crippen LogP contribution in [0.15, 0.2) is 24.3 Å². The fourth-order valence-corrected chi connectivity index (χ4v) is 3.18. The van der Waals surface area contributed by atoms with Gasteiger partial charge < -0.3 is 5.32 Å². The van der Waals surface area contributed by atoms with Crippen molar-refractivity contribution >= 4 is 0 Å². The van der Waals surface area contributed by atoms with Crippen molar-refractivity contribution in [3.8, 4) is 6.07 Å². The molecule has 0 aromatic heterocycles. The van der Waals surface area contributed by atoms with Gasteiger partial charge >= 0.3 is 0 Å². The van der Waals surface area contributed by atoms with Crippen LogP contribution in [0.1, 0.15) is 57.2 Å². The molecule has 0 radical (unpaired) electrons. The number of nitriles is 1. The number of nitrogens with zero attached hydrogens (tertiary/aromatic N) is 1. The Bertz CT molecular complexity index is 443. The fraction of sp³-hybridized carbons (Fsp3) is 0.588. The van der Waals surface area contributed by atoms with Gasteiger partial charge in [0.05, 0.1) is 11.6 Å². The molecule has 0 bridgehead atoms. The molecule has 1 fully saturated rings. The molecule has 1 aromatic rings. The number of hydrogen-bond donors (Lipinski definition) is 1. The van der Waals surface area contributed by atoms with E-state index in [1.165, 1.54) is 24.8 Å². The van der Waals surface area contributed by atoms with Gasteiger partial charge in [0.1, 0.15) is 0 Å². The second-order valence-corrected chi connectivity index (χ2v) is 6.12. The Balaban J connectivity index is 1.96. The summed E-state index contributed by atoms with van der Waals surface area (Å²) in [6, 6.07) is 11.1. The minimum Gasteiger partial charge on any atom is -0.307 e. The predicted octanol–water partition coefficient (Wildman–Crippen LogP) is 4.03. The summed E-state index contributed by atoms with van der Waals surface area (Å²) in [5, 5.41) is 12.6. The lowest BCUT2D eigenvalue weighted by molar-refractivity contribution is 0.216. The molecule has 4 atom stereocenters. The van der Waals surface area contributed by atoms with Crippen molar-refractivity contribution in [1.82, 2.24) is 5.32 Å². The molecule has 1 aliphatic rings. The Labute approximate surface area is 116 Å². The monoisotopic (exact) mass is 256 g/mol. The highest BCUT2D eigenvalue weighted by Crippen LogP contribution is 2.30. The quantitative estimate of drug-likeness (QED) is 0.886. The van der Waals surface area contributed by atoms with E-state index in [0.717, 1.165) is 17.4 Å². The van der Waals surface area contributed by atoms with Crippen LogP contribution in [0, 0.1) is 23.2 Å². The van der Waals surface area contributed by atoms with Crippen molar-refractivity contribution in [2.45, 2.75) is 52.1 Å². The van der Waals surface area contributed by atoms with Gasteiger partial charge in [-0.1, -0.05) is 26.0 Å². The predicted molar refractivity (Wildman–Crippen MR) is 78.7 cm³/mol. The maximum Gasteiger partial charge on any atom is 0.0991 e. The van der Waals surface area contributed by atoms with Gasteiger partial charge in [-0.25, -0.2) is 0 Å². The van der Waals surface area contributed by atoms with E-state index in [1.807, 2.05) is 12.1 Å². The molecular formula is C17H24N2. The van der Waals surface area contributed by atoms with Gasteiger partial charge in [0.15, 0.2) is 0 Å². The van der Waals surface area contributed by atoms with E-state index in [2.05, 4.69) is 44.3 Å². The second kappa shape index (κ2) is 6.21. The smallest absolute Gasteiger partial charge is 0.0991 e. The first kappa shape index (κ1) is 14.1. The van der Waals surface area contributed by atoms with Gasteiger partial charge in [0, 0.05) is 12.1 Å². The summed E-state index contributed by atoms with van der Waals surface area (Å²) in [5.41, 5.74) is 2.00. The van der Waals surface area contributed by atoms with Crippen molar-refractivity contribution in [3.05, 3.63) is 35.4 Å². The van der Waals surface area contributed by atoms with Crippen LogP contribution in [0.25, 0.3) is 0 Å². The van der Waals surface area contributed by atoms with Crippen molar-refractivity contribution < 1.29 is 0 Å². The minimum atomic E-state index is 0.355. The van der Waals surface area contributed by atoms with E-state index >= 15 is 0 Å². The largest absolute Gasteiger partial charge is 0.307 e. The van der Waals surface area contributed by atoms with E-state index in [-0.39, 0.29) is 0 Å². The number of hydrogen-bond acceptors (Lipinski definition) is 2. The lowest BCUT2D eigenvalue weighted by atomic mass is 9.79. The zero-order valence-corrected chi connectivity index (χ0v) is 12.2. The molecule has 0 saturated heterocycles. The van der Waals surface area contributed by atoms with Gasteiger partial charge in [-0.3, -0.25) is 0 Å². The Morgan fingerprint density at radius 1 is 1.21 bits per heavy atom. The van der Waals surface area contributed by atoms with Crippen LogP contribution in [0.5, 0.6) is 0 Å². The van der Waals surface area contributed by atoms with Crippen molar-refractivity contribution in [3.63, 3.8) is 0 Å². The summed E-state index contributed by atoms with van der Waals surface area (Å²) in [4.78, 5) is 0. The van der Waals surface area contributed by atoms with E-state index in [0.29, 0.717) is 12.1 Å². The summed E-state index contributed by atoms with van der Waals surface area (Å²) < 4.78 is 0. The first-order valence-corrected chi connectivity index (χ1v) is 7.36. The summed E-state index contributed by atoms with van der Waals surface area (Å²) in [7, 11) is 0. The van der Waals surface area contributed by atoms with Crippen LogP contribution in [-0.4, -0.2) is 6.04 Å². The van der Waals surface area contributed by atoms with E-state index in [9.17, 15) is 0 Å². The van der Waals surface area contributed by atoms with E-state index in [1.54, 1.807) is 0 Å². The molecule has 0 aliphatic heterocycles. The zero-order chi connectivity index (χ0) is 13.8. The van der Waals surface area contributed by atoms with Crippen molar-refractivity contribution in [1.29, 1.82) is 5.26 Å². The molecule has 0 amide bonds. The van der Waals surface area contributed by atoms with E-state index < -0.39 is 0 Å². The highest BCUT2D eigenvalue weighted by molar-refractivity contribution is 5.32. The van der Waals surface area contributed by atoms with Gasteiger partial charge in [-0.05, 0) is 55.7 Å². The Kier molecular flexibility index (Phi) is 4.61. The summed E-state index contributed by atoms with van der Waals surface area (Å²) in [5.74, 6) is 1.63. The molecule has 1 saturated carbocycles. The molecule has 1 N–H and O–H groups in total.